The normalized spacial score (nSPS) is 11.7. The molecule has 0 fully saturated rings. The molecule has 0 aromatic rings. The van der Waals surface area contributed by atoms with Gasteiger partial charge in [-0.2, -0.15) is 0 Å². The van der Waals surface area contributed by atoms with Crippen LogP contribution in [0.25, 0.3) is 0 Å². The van der Waals surface area contributed by atoms with Gasteiger partial charge in [0, 0.05) is 38.3 Å². The lowest BCUT2D eigenvalue weighted by Gasteiger charge is -2.23. The van der Waals surface area contributed by atoms with Crippen molar-refractivity contribution in [3.8, 4) is 0 Å². The number of hydrogen-bond acceptors (Lipinski definition) is 2. The largest absolute Gasteiger partial charge is 0.339 e. The molecule has 0 saturated heterocycles. The lowest BCUT2D eigenvalue weighted by Crippen LogP contribution is -2.34. The van der Waals surface area contributed by atoms with Crippen LogP contribution in [0, 0.1) is 0 Å². The summed E-state index contributed by atoms with van der Waals surface area (Å²) >= 11 is 0. The van der Waals surface area contributed by atoms with Gasteiger partial charge in [-0.25, -0.2) is 0 Å². The molecule has 0 spiro atoms. The van der Waals surface area contributed by atoms with E-state index in [2.05, 4.69) is 37.5 Å². The summed E-state index contributed by atoms with van der Waals surface area (Å²) in [4.78, 5) is 32.1. The summed E-state index contributed by atoms with van der Waals surface area (Å²) in [5.74, 6) is 0.120. The van der Waals surface area contributed by atoms with E-state index in [1.54, 1.807) is 12.2 Å². The van der Waals surface area contributed by atoms with E-state index >= 15 is 0 Å². The van der Waals surface area contributed by atoms with E-state index in [9.17, 15) is 9.59 Å². The second-order valence-corrected chi connectivity index (χ2v) is 26.2. The van der Waals surface area contributed by atoms with Gasteiger partial charge in [-0.15, -0.1) is 0 Å². The molecule has 0 heterocycles. The zero-order valence-electron chi connectivity index (χ0n) is 55.9. The van der Waals surface area contributed by atoms with E-state index in [1.165, 1.54) is 385 Å². The molecule has 0 aromatic carbocycles. The van der Waals surface area contributed by atoms with Crippen LogP contribution in [-0.4, -0.2) is 47.8 Å². The van der Waals surface area contributed by atoms with Gasteiger partial charge in [0.1, 0.15) is 0 Å². The molecule has 0 aromatic heterocycles. The topological polar surface area (TPSA) is 40.6 Å². The molecule has 476 valence electrons. The SMILES string of the molecule is CCCCCCCCCCCCCCCCCCN(CCCCCCCCCCCCCCCCCC)C(=O)C=CC(=O)N(CCCCCCCCCCCCCCCCCC)CCCCCCCCCCCCCCCCCC. The van der Waals surface area contributed by atoms with Crippen LogP contribution in [0.15, 0.2) is 12.2 Å². The third kappa shape index (κ3) is 62.7. The highest BCUT2D eigenvalue weighted by Crippen LogP contribution is 2.19. The Morgan fingerprint density at radius 1 is 0.175 bits per heavy atom. The zero-order valence-corrected chi connectivity index (χ0v) is 55.9. The number of amides is 2. The Hall–Kier alpha value is -1.32. The summed E-state index contributed by atoms with van der Waals surface area (Å²) in [6.07, 6.45) is 90.6. The van der Waals surface area contributed by atoms with Crippen LogP contribution >= 0.6 is 0 Å². The lowest BCUT2D eigenvalue weighted by atomic mass is 10.0. The van der Waals surface area contributed by atoms with Crippen LogP contribution in [0.5, 0.6) is 0 Å². The smallest absolute Gasteiger partial charge is 0.246 e. The van der Waals surface area contributed by atoms with Crippen molar-refractivity contribution in [3.63, 3.8) is 0 Å². The molecule has 2 amide bonds. The molecule has 0 atom stereocenters. The molecule has 80 heavy (non-hydrogen) atoms. The molecule has 0 N–H and O–H groups in total. The minimum Gasteiger partial charge on any atom is -0.339 e. The van der Waals surface area contributed by atoms with Crippen LogP contribution in [0.3, 0.4) is 0 Å². The van der Waals surface area contributed by atoms with Gasteiger partial charge in [-0.1, -0.05) is 413 Å². The molecule has 0 unspecified atom stereocenters. The van der Waals surface area contributed by atoms with Crippen LogP contribution in [0.1, 0.15) is 439 Å². The molecule has 0 aliphatic heterocycles. The number of nitrogens with zero attached hydrogens (tertiary/aromatic N) is 2. The first-order chi connectivity index (χ1) is 39.6. The Morgan fingerprint density at radius 2 is 0.275 bits per heavy atom. The fourth-order valence-electron chi connectivity index (χ4n) is 12.4. The van der Waals surface area contributed by atoms with Gasteiger partial charge in [-0.05, 0) is 25.7 Å². The summed E-state index contributed by atoms with van der Waals surface area (Å²) < 4.78 is 0. The van der Waals surface area contributed by atoms with Gasteiger partial charge in [0.2, 0.25) is 11.8 Å². The molecule has 0 saturated carbocycles. The van der Waals surface area contributed by atoms with Crippen molar-refractivity contribution >= 4 is 11.8 Å². The van der Waals surface area contributed by atoms with Gasteiger partial charge in [0.05, 0.1) is 0 Å². The van der Waals surface area contributed by atoms with Crippen LogP contribution in [0.2, 0.25) is 0 Å². The van der Waals surface area contributed by atoms with Gasteiger partial charge >= 0.3 is 0 Å². The number of carbonyl (C=O) groups excluding carboxylic acids is 2. The van der Waals surface area contributed by atoms with Gasteiger partial charge in [-0.3, -0.25) is 9.59 Å². The molecule has 0 aliphatic carbocycles. The highest BCUT2D eigenvalue weighted by molar-refractivity contribution is 5.96. The fourth-order valence-corrected chi connectivity index (χ4v) is 12.4. The van der Waals surface area contributed by atoms with Gasteiger partial charge in [0.25, 0.3) is 0 Å². The quantitative estimate of drug-likeness (QED) is 0.0450. The van der Waals surface area contributed by atoms with E-state index in [0.717, 1.165) is 51.9 Å². The number of hydrogen-bond donors (Lipinski definition) is 0. The molecule has 0 rings (SSSR count). The minimum absolute atomic E-state index is 0.0602. The average Bonchev–Trinajstić information content (AvgIpc) is 3.47. The molecular weight excluding hydrogens is 973 g/mol. The summed E-state index contributed by atoms with van der Waals surface area (Å²) in [5.41, 5.74) is 0. The standard InChI is InChI=1S/C76H150N2O2/c1-5-9-13-17-21-25-29-33-37-41-45-49-53-57-61-65-71-77(72-66-62-58-54-50-46-42-38-34-30-26-22-18-14-10-6-2)75(79)69-70-76(80)78(73-67-63-59-55-51-47-43-39-35-31-27-23-19-15-11-7-3)74-68-64-60-56-52-48-44-40-36-32-28-24-20-16-12-8-4/h69-70H,5-68,71-74H2,1-4H3. The Balaban J connectivity index is 5.06. The number of unbranched alkanes of at least 4 members (excludes halogenated alkanes) is 60. The first-order valence-electron chi connectivity index (χ1n) is 37.9. The molecule has 4 nitrogen and oxygen atoms in total. The van der Waals surface area contributed by atoms with Gasteiger partial charge in [0.15, 0.2) is 0 Å². The van der Waals surface area contributed by atoms with E-state index in [-0.39, 0.29) is 11.8 Å². The average molecular weight is 1120 g/mol. The Kier molecular flexibility index (Phi) is 69.0. The Bertz CT molecular complexity index is 1040. The molecular formula is C76H150N2O2. The van der Waals surface area contributed by atoms with E-state index in [1.807, 2.05) is 0 Å². The van der Waals surface area contributed by atoms with Crippen molar-refractivity contribution in [2.24, 2.45) is 0 Å². The Labute approximate surface area is 505 Å². The summed E-state index contributed by atoms with van der Waals surface area (Å²) in [6.45, 7) is 12.5. The van der Waals surface area contributed by atoms with Crippen molar-refractivity contribution in [2.75, 3.05) is 26.2 Å². The predicted molar refractivity (Wildman–Crippen MR) is 360 cm³/mol. The fraction of sp³-hybridized carbons (Fsp3) is 0.947. The van der Waals surface area contributed by atoms with Crippen molar-refractivity contribution < 1.29 is 9.59 Å². The minimum atomic E-state index is 0.0602. The summed E-state index contributed by atoms with van der Waals surface area (Å²) in [6, 6.07) is 0. The van der Waals surface area contributed by atoms with E-state index < -0.39 is 0 Å². The maximum absolute atomic E-state index is 14.0. The predicted octanol–water partition coefficient (Wildman–Crippen LogP) is 26.2. The van der Waals surface area contributed by atoms with E-state index in [4.69, 9.17) is 0 Å². The first-order valence-corrected chi connectivity index (χ1v) is 37.9. The monoisotopic (exact) mass is 1120 g/mol. The second-order valence-electron chi connectivity index (χ2n) is 26.2. The first kappa shape index (κ1) is 78.7. The highest BCUT2D eigenvalue weighted by atomic mass is 16.2. The van der Waals surface area contributed by atoms with Crippen molar-refractivity contribution in [3.05, 3.63) is 12.2 Å². The van der Waals surface area contributed by atoms with Crippen molar-refractivity contribution in [2.45, 2.75) is 439 Å². The highest BCUT2D eigenvalue weighted by Gasteiger charge is 2.14. The van der Waals surface area contributed by atoms with Gasteiger partial charge < -0.3 is 9.80 Å². The summed E-state index contributed by atoms with van der Waals surface area (Å²) in [7, 11) is 0. The molecule has 0 bridgehead atoms. The maximum Gasteiger partial charge on any atom is 0.246 e. The number of rotatable bonds is 70. The zero-order chi connectivity index (χ0) is 57.8. The lowest BCUT2D eigenvalue weighted by molar-refractivity contribution is -0.128. The van der Waals surface area contributed by atoms with E-state index in [0.29, 0.717) is 0 Å². The molecule has 4 heteroatoms. The number of carbonyl (C=O) groups is 2. The van der Waals surface area contributed by atoms with Crippen LogP contribution in [0.4, 0.5) is 0 Å². The van der Waals surface area contributed by atoms with Crippen molar-refractivity contribution in [1.29, 1.82) is 0 Å². The Morgan fingerprint density at radius 3 is 0.388 bits per heavy atom. The summed E-state index contributed by atoms with van der Waals surface area (Å²) in [5, 5.41) is 0. The van der Waals surface area contributed by atoms with Crippen LogP contribution < -0.4 is 0 Å². The molecule has 0 radical (unpaired) electrons. The van der Waals surface area contributed by atoms with Crippen LogP contribution in [-0.2, 0) is 9.59 Å². The maximum atomic E-state index is 14.0. The molecule has 0 aliphatic rings. The third-order valence-electron chi connectivity index (χ3n) is 18.1. The third-order valence-corrected chi connectivity index (χ3v) is 18.1. The van der Waals surface area contributed by atoms with Crippen molar-refractivity contribution in [1.82, 2.24) is 9.80 Å². The second kappa shape index (κ2) is 70.2.